The number of nitrogens with zero attached hydrogens (tertiary/aromatic N) is 2. The number of hydrogen-bond acceptors (Lipinski definition) is 3. The molecule has 7 heteroatoms. The van der Waals surface area contributed by atoms with Gasteiger partial charge in [-0.15, -0.1) is 0 Å². The van der Waals surface area contributed by atoms with E-state index in [1.165, 1.54) is 30.7 Å². The molecule has 0 unspecified atom stereocenters. The van der Waals surface area contributed by atoms with E-state index in [-0.39, 0.29) is 5.91 Å². The number of anilines is 1. The van der Waals surface area contributed by atoms with Crippen LogP contribution in [0.25, 0.3) is 0 Å². The van der Waals surface area contributed by atoms with Gasteiger partial charge in [0.1, 0.15) is 5.82 Å². The zero-order chi connectivity index (χ0) is 19.7. The van der Waals surface area contributed by atoms with E-state index >= 15 is 0 Å². The van der Waals surface area contributed by atoms with Crippen molar-refractivity contribution in [3.63, 3.8) is 0 Å². The highest BCUT2D eigenvalue weighted by molar-refractivity contribution is 6.34. The number of piperazine rings is 1. The van der Waals surface area contributed by atoms with Crippen LogP contribution in [0, 0.1) is 5.82 Å². The fourth-order valence-electron chi connectivity index (χ4n) is 3.91. The molecule has 2 aromatic rings. The van der Waals surface area contributed by atoms with Crippen molar-refractivity contribution in [1.82, 2.24) is 9.80 Å². The molecule has 2 saturated heterocycles. The van der Waals surface area contributed by atoms with E-state index in [0.29, 0.717) is 34.4 Å². The summed E-state index contributed by atoms with van der Waals surface area (Å²) in [6, 6.07) is 10.6. The van der Waals surface area contributed by atoms with Crippen molar-refractivity contribution >= 4 is 29.1 Å². The quantitative estimate of drug-likeness (QED) is 0.854. The molecule has 2 aliphatic rings. The van der Waals surface area contributed by atoms with Gasteiger partial charge in [0, 0.05) is 36.8 Å². The summed E-state index contributed by atoms with van der Waals surface area (Å²) in [5.74, 6) is -0.879. The van der Waals surface area contributed by atoms with Crippen LogP contribution in [0.5, 0.6) is 0 Å². The predicted molar refractivity (Wildman–Crippen MR) is 106 cm³/mol. The summed E-state index contributed by atoms with van der Waals surface area (Å²) in [7, 11) is 0. The highest BCUT2D eigenvalue weighted by Crippen LogP contribution is 2.26. The maximum absolute atomic E-state index is 13.0. The van der Waals surface area contributed by atoms with Crippen LogP contribution in [-0.2, 0) is 0 Å². The Kier molecular flexibility index (Phi) is 5.33. The summed E-state index contributed by atoms with van der Waals surface area (Å²) in [4.78, 5) is 29.7. The van der Waals surface area contributed by atoms with E-state index in [0.717, 1.165) is 26.1 Å². The van der Waals surface area contributed by atoms with E-state index in [1.807, 2.05) is 4.90 Å². The van der Waals surface area contributed by atoms with Crippen molar-refractivity contribution in [1.29, 1.82) is 0 Å². The summed E-state index contributed by atoms with van der Waals surface area (Å²) >= 11 is 6.21. The highest BCUT2D eigenvalue weighted by Gasteiger charge is 2.32. The van der Waals surface area contributed by atoms with Gasteiger partial charge in [-0.25, -0.2) is 4.39 Å². The molecular formula is C21H21ClFN3O2. The first-order valence-electron chi connectivity index (χ1n) is 9.41. The Bertz CT molecular complexity index is 903. The summed E-state index contributed by atoms with van der Waals surface area (Å²) in [6.45, 7) is 3.46. The molecule has 1 atom stereocenters. The lowest BCUT2D eigenvalue weighted by Gasteiger charge is -2.37. The summed E-state index contributed by atoms with van der Waals surface area (Å²) in [6.07, 6.45) is 2.32. The number of benzene rings is 2. The fraction of sp³-hybridized carbons (Fsp3) is 0.333. The van der Waals surface area contributed by atoms with Crippen molar-refractivity contribution in [2.45, 2.75) is 18.9 Å². The van der Waals surface area contributed by atoms with Crippen LogP contribution in [0.15, 0.2) is 42.5 Å². The van der Waals surface area contributed by atoms with Gasteiger partial charge in [0.25, 0.3) is 11.8 Å². The van der Waals surface area contributed by atoms with Gasteiger partial charge in [0.15, 0.2) is 0 Å². The van der Waals surface area contributed by atoms with E-state index in [4.69, 9.17) is 11.6 Å². The Balaban J connectivity index is 1.49. The minimum absolute atomic E-state index is 0.0551. The molecule has 2 aromatic carbocycles. The molecule has 0 saturated carbocycles. The number of halogens is 2. The molecule has 2 heterocycles. The standard InChI is InChI=1S/C21H21ClFN3O2/c22-18-8-5-15(21(28)26-11-10-25-9-1-2-17(25)13-26)12-19(18)24-20(27)14-3-6-16(23)7-4-14/h3-8,12,17H,1-2,9-11,13H2,(H,24,27)/t17-/m1/s1. The average Bonchev–Trinajstić information content (AvgIpc) is 3.17. The van der Waals surface area contributed by atoms with Crippen molar-refractivity contribution in [2.75, 3.05) is 31.5 Å². The van der Waals surface area contributed by atoms with Crippen molar-refractivity contribution in [2.24, 2.45) is 0 Å². The molecular weight excluding hydrogens is 381 g/mol. The number of carbonyl (C=O) groups excluding carboxylic acids is 2. The Morgan fingerprint density at radius 3 is 2.57 bits per heavy atom. The second-order valence-corrected chi connectivity index (χ2v) is 7.65. The maximum Gasteiger partial charge on any atom is 0.255 e. The molecule has 2 aliphatic heterocycles. The molecule has 2 fully saturated rings. The molecule has 0 aliphatic carbocycles. The Morgan fingerprint density at radius 1 is 1.04 bits per heavy atom. The zero-order valence-electron chi connectivity index (χ0n) is 15.3. The third kappa shape index (κ3) is 3.88. The van der Waals surface area contributed by atoms with Gasteiger partial charge in [0.05, 0.1) is 10.7 Å². The first-order chi connectivity index (χ1) is 13.5. The van der Waals surface area contributed by atoms with Crippen molar-refractivity contribution in [3.8, 4) is 0 Å². The zero-order valence-corrected chi connectivity index (χ0v) is 16.1. The number of amides is 2. The molecule has 0 spiro atoms. The lowest BCUT2D eigenvalue weighted by molar-refractivity contribution is 0.0571. The van der Waals surface area contributed by atoms with Crippen LogP contribution in [0.2, 0.25) is 5.02 Å². The van der Waals surface area contributed by atoms with Gasteiger partial charge < -0.3 is 10.2 Å². The SMILES string of the molecule is O=C(Nc1cc(C(=O)N2CCN3CCC[C@@H]3C2)ccc1Cl)c1ccc(F)cc1. The van der Waals surface area contributed by atoms with Crippen LogP contribution in [0.3, 0.4) is 0 Å². The maximum atomic E-state index is 13.0. The van der Waals surface area contributed by atoms with E-state index in [9.17, 15) is 14.0 Å². The molecule has 1 N–H and O–H groups in total. The minimum Gasteiger partial charge on any atom is -0.336 e. The lowest BCUT2D eigenvalue weighted by atomic mass is 10.1. The van der Waals surface area contributed by atoms with Gasteiger partial charge in [-0.1, -0.05) is 11.6 Å². The third-order valence-electron chi connectivity index (χ3n) is 5.44. The van der Waals surface area contributed by atoms with E-state index in [2.05, 4.69) is 10.2 Å². The number of rotatable bonds is 3. The number of nitrogens with one attached hydrogen (secondary N) is 1. The smallest absolute Gasteiger partial charge is 0.255 e. The lowest BCUT2D eigenvalue weighted by Crippen LogP contribution is -2.52. The monoisotopic (exact) mass is 401 g/mol. The molecule has 28 heavy (non-hydrogen) atoms. The largest absolute Gasteiger partial charge is 0.336 e. The van der Waals surface area contributed by atoms with Crippen molar-refractivity contribution in [3.05, 3.63) is 64.4 Å². The van der Waals surface area contributed by atoms with Crippen LogP contribution >= 0.6 is 11.6 Å². The third-order valence-corrected chi connectivity index (χ3v) is 5.77. The van der Waals surface area contributed by atoms with E-state index in [1.54, 1.807) is 18.2 Å². The molecule has 2 amide bonds. The van der Waals surface area contributed by atoms with Crippen LogP contribution in [-0.4, -0.2) is 53.8 Å². The van der Waals surface area contributed by atoms with Crippen molar-refractivity contribution < 1.29 is 14.0 Å². The Hall–Kier alpha value is -2.44. The summed E-state index contributed by atoms with van der Waals surface area (Å²) < 4.78 is 13.0. The Labute approximate surface area is 168 Å². The molecule has 0 aromatic heterocycles. The first kappa shape index (κ1) is 18.9. The fourth-order valence-corrected chi connectivity index (χ4v) is 4.07. The van der Waals surface area contributed by atoms with Crippen LogP contribution < -0.4 is 5.32 Å². The van der Waals surface area contributed by atoms with E-state index < -0.39 is 11.7 Å². The predicted octanol–water partition coefficient (Wildman–Crippen LogP) is 3.65. The molecule has 4 rings (SSSR count). The highest BCUT2D eigenvalue weighted by atomic mass is 35.5. The van der Waals surface area contributed by atoms with Crippen LogP contribution in [0.1, 0.15) is 33.6 Å². The minimum atomic E-state index is -0.412. The summed E-state index contributed by atoms with van der Waals surface area (Å²) in [5.41, 5.74) is 1.16. The van der Waals surface area contributed by atoms with Gasteiger partial charge in [-0.3, -0.25) is 14.5 Å². The summed E-state index contributed by atoms with van der Waals surface area (Å²) in [5, 5.41) is 3.05. The molecule has 0 bridgehead atoms. The molecule has 5 nitrogen and oxygen atoms in total. The Morgan fingerprint density at radius 2 is 1.79 bits per heavy atom. The van der Waals surface area contributed by atoms with Gasteiger partial charge in [-0.05, 0) is 61.9 Å². The van der Waals surface area contributed by atoms with Crippen LogP contribution in [0.4, 0.5) is 10.1 Å². The topological polar surface area (TPSA) is 52.7 Å². The van der Waals surface area contributed by atoms with Gasteiger partial charge in [0.2, 0.25) is 0 Å². The number of hydrogen-bond donors (Lipinski definition) is 1. The second kappa shape index (κ2) is 7.89. The normalized spacial score (nSPS) is 19.4. The molecule has 0 radical (unpaired) electrons. The van der Waals surface area contributed by atoms with Gasteiger partial charge in [-0.2, -0.15) is 0 Å². The average molecular weight is 402 g/mol. The van der Waals surface area contributed by atoms with Gasteiger partial charge >= 0.3 is 0 Å². The number of carbonyl (C=O) groups is 2. The molecule has 146 valence electrons. The first-order valence-corrected chi connectivity index (χ1v) is 9.79. The number of fused-ring (bicyclic) bond motifs is 1. The second-order valence-electron chi connectivity index (χ2n) is 7.24.